The fourth-order valence-electron chi connectivity index (χ4n) is 1.50. The van der Waals surface area contributed by atoms with Gasteiger partial charge in [0.15, 0.2) is 0 Å². The highest BCUT2D eigenvalue weighted by molar-refractivity contribution is 7.09. The van der Waals surface area contributed by atoms with Crippen LogP contribution in [0.25, 0.3) is 0 Å². The smallest absolute Gasteiger partial charge is 0.104 e. The highest BCUT2D eigenvalue weighted by atomic mass is 32.1. The zero-order valence-corrected chi connectivity index (χ0v) is 11.6. The third kappa shape index (κ3) is 3.11. The highest BCUT2D eigenvalue weighted by Crippen LogP contribution is 2.26. The molecule has 2 aromatic heterocycles. The van der Waals surface area contributed by atoms with Crippen LogP contribution in [-0.2, 0) is 11.8 Å². The van der Waals surface area contributed by atoms with Gasteiger partial charge in [0.25, 0.3) is 0 Å². The van der Waals surface area contributed by atoms with E-state index in [2.05, 4.69) is 41.1 Å². The van der Waals surface area contributed by atoms with Crippen LogP contribution in [0.15, 0.2) is 24.0 Å². The normalized spacial score (nSPS) is 13.6. The molecule has 4 nitrogen and oxygen atoms in total. The summed E-state index contributed by atoms with van der Waals surface area (Å²) >= 11 is 1.58. The Hall–Kier alpha value is -1.33. The SMILES string of the molecule is CC(C)(C)c1csc(CC(O)c2cnccn2)n1. The maximum Gasteiger partial charge on any atom is 0.104 e. The van der Waals surface area contributed by atoms with Crippen molar-refractivity contribution in [3.8, 4) is 0 Å². The molecule has 0 bridgehead atoms. The molecule has 96 valence electrons. The summed E-state index contributed by atoms with van der Waals surface area (Å²) in [5, 5.41) is 13.0. The largest absolute Gasteiger partial charge is 0.386 e. The first kappa shape index (κ1) is 13.1. The fourth-order valence-corrected chi connectivity index (χ4v) is 2.56. The van der Waals surface area contributed by atoms with E-state index in [4.69, 9.17) is 0 Å². The molecule has 1 N–H and O–H groups in total. The van der Waals surface area contributed by atoms with E-state index in [0.717, 1.165) is 10.7 Å². The Morgan fingerprint density at radius 2 is 2.11 bits per heavy atom. The molecule has 2 rings (SSSR count). The minimum atomic E-state index is -0.641. The van der Waals surface area contributed by atoms with Crippen molar-refractivity contribution in [2.45, 2.75) is 38.7 Å². The standard InChI is InChI=1S/C13H17N3OS/c1-13(2,3)11-8-18-12(16-11)6-10(17)9-7-14-4-5-15-9/h4-5,7-8,10,17H,6H2,1-3H3. The van der Waals surface area contributed by atoms with Crippen LogP contribution in [-0.4, -0.2) is 20.1 Å². The Morgan fingerprint density at radius 3 is 2.67 bits per heavy atom. The molecule has 0 saturated heterocycles. The van der Waals surface area contributed by atoms with Gasteiger partial charge in [-0.25, -0.2) is 4.98 Å². The summed E-state index contributed by atoms with van der Waals surface area (Å²) in [6, 6.07) is 0. The minimum Gasteiger partial charge on any atom is -0.386 e. The van der Waals surface area contributed by atoms with Crippen molar-refractivity contribution >= 4 is 11.3 Å². The van der Waals surface area contributed by atoms with E-state index < -0.39 is 6.10 Å². The molecule has 0 spiro atoms. The van der Waals surface area contributed by atoms with Gasteiger partial charge in [0.05, 0.1) is 22.6 Å². The van der Waals surface area contributed by atoms with Gasteiger partial charge in [-0.05, 0) is 0 Å². The monoisotopic (exact) mass is 263 g/mol. The molecule has 0 aliphatic carbocycles. The maximum absolute atomic E-state index is 10.1. The summed E-state index contributed by atoms with van der Waals surface area (Å²) in [5.41, 5.74) is 1.70. The van der Waals surface area contributed by atoms with Crippen LogP contribution in [0, 0.1) is 0 Å². The molecule has 2 aromatic rings. The minimum absolute atomic E-state index is 0.0479. The zero-order chi connectivity index (χ0) is 13.2. The first-order chi connectivity index (χ1) is 8.47. The van der Waals surface area contributed by atoms with E-state index in [9.17, 15) is 5.11 Å². The molecule has 18 heavy (non-hydrogen) atoms. The lowest BCUT2D eigenvalue weighted by Crippen LogP contribution is -2.12. The lowest BCUT2D eigenvalue weighted by atomic mass is 9.93. The van der Waals surface area contributed by atoms with Gasteiger partial charge in [-0.2, -0.15) is 0 Å². The molecule has 0 aromatic carbocycles. The summed E-state index contributed by atoms with van der Waals surface area (Å²) in [7, 11) is 0. The van der Waals surface area contributed by atoms with Crippen LogP contribution in [0.1, 0.15) is 43.3 Å². The molecule has 0 saturated carbocycles. The van der Waals surface area contributed by atoms with Crippen molar-refractivity contribution in [2.75, 3.05) is 0 Å². The molecule has 5 heteroatoms. The van der Waals surface area contributed by atoms with Gasteiger partial charge in [0, 0.05) is 29.6 Å². The Bertz CT molecular complexity index is 504. The van der Waals surface area contributed by atoms with Crippen LogP contribution in [0.3, 0.4) is 0 Å². The molecule has 0 aliphatic rings. The second-order valence-corrected chi connectivity index (χ2v) is 6.17. The van der Waals surface area contributed by atoms with Crippen molar-refractivity contribution < 1.29 is 5.11 Å². The van der Waals surface area contributed by atoms with Gasteiger partial charge in [-0.3, -0.25) is 9.97 Å². The number of aliphatic hydroxyl groups is 1. The second kappa shape index (κ2) is 5.12. The predicted molar refractivity (Wildman–Crippen MR) is 71.5 cm³/mol. The topological polar surface area (TPSA) is 58.9 Å². The fraction of sp³-hybridized carbons (Fsp3) is 0.462. The molecule has 0 amide bonds. The van der Waals surface area contributed by atoms with Crippen molar-refractivity contribution in [1.82, 2.24) is 15.0 Å². The lowest BCUT2D eigenvalue weighted by Gasteiger charge is -2.14. The van der Waals surface area contributed by atoms with Crippen LogP contribution in [0.4, 0.5) is 0 Å². The van der Waals surface area contributed by atoms with Crippen LogP contribution >= 0.6 is 11.3 Å². The third-order valence-electron chi connectivity index (χ3n) is 2.61. The van der Waals surface area contributed by atoms with Crippen molar-refractivity contribution in [3.63, 3.8) is 0 Å². The van der Waals surface area contributed by atoms with Crippen LogP contribution < -0.4 is 0 Å². The number of rotatable bonds is 3. The Kier molecular flexibility index (Phi) is 3.73. The molecule has 0 aliphatic heterocycles. The van der Waals surface area contributed by atoms with E-state index in [1.165, 1.54) is 0 Å². The van der Waals surface area contributed by atoms with Crippen LogP contribution in [0.2, 0.25) is 0 Å². The molecule has 0 radical (unpaired) electrons. The molecular weight excluding hydrogens is 246 g/mol. The quantitative estimate of drug-likeness (QED) is 0.924. The summed E-state index contributed by atoms with van der Waals surface area (Å²) in [5.74, 6) is 0. The van der Waals surface area contributed by atoms with Gasteiger partial charge >= 0.3 is 0 Å². The number of aliphatic hydroxyl groups excluding tert-OH is 1. The van der Waals surface area contributed by atoms with Gasteiger partial charge in [0.1, 0.15) is 6.10 Å². The van der Waals surface area contributed by atoms with E-state index >= 15 is 0 Å². The molecule has 1 atom stereocenters. The predicted octanol–water partition coefficient (Wildman–Crippen LogP) is 2.51. The van der Waals surface area contributed by atoms with Gasteiger partial charge in [0.2, 0.25) is 0 Å². The molecule has 1 unspecified atom stereocenters. The average Bonchev–Trinajstić information content (AvgIpc) is 2.78. The first-order valence-electron chi connectivity index (χ1n) is 5.85. The van der Waals surface area contributed by atoms with E-state index in [-0.39, 0.29) is 5.41 Å². The van der Waals surface area contributed by atoms with Crippen molar-refractivity contribution in [2.24, 2.45) is 0 Å². The van der Waals surface area contributed by atoms with E-state index in [1.54, 1.807) is 29.9 Å². The van der Waals surface area contributed by atoms with Crippen LogP contribution in [0.5, 0.6) is 0 Å². The maximum atomic E-state index is 10.1. The highest BCUT2D eigenvalue weighted by Gasteiger charge is 2.19. The number of aromatic nitrogens is 3. The second-order valence-electron chi connectivity index (χ2n) is 5.23. The van der Waals surface area contributed by atoms with Crippen molar-refractivity contribution in [3.05, 3.63) is 40.4 Å². The number of nitrogens with zero attached hydrogens (tertiary/aromatic N) is 3. The summed E-state index contributed by atoms with van der Waals surface area (Å²) in [6.07, 6.45) is 4.61. The van der Waals surface area contributed by atoms with Gasteiger partial charge in [-0.1, -0.05) is 20.8 Å². The number of hydrogen-bond acceptors (Lipinski definition) is 5. The third-order valence-corrected chi connectivity index (χ3v) is 3.48. The van der Waals surface area contributed by atoms with Gasteiger partial charge in [-0.15, -0.1) is 11.3 Å². The summed E-state index contributed by atoms with van der Waals surface area (Å²) in [6.45, 7) is 6.39. The average molecular weight is 263 g/mol. The Morgan fingerprint density at radius 1 is 1.33 bits per heavy atom. The zero-order valence-electron chi connectivity index (χ0n) is 10.8. The molecule has 0 fully saturated rings. The Balaban J connectivity index is 2.08. The first-order valence-corrected chi connectivity index (χ1v) is 6.73. The number of hydrogen-bond donors (Lipinski definition) is 1. The van der Waals surface area contributed by atoms with E-state index in [0.29, 0.717) is 12.1 Å². The molecular formula is C13H17N3OS. The Labute approximate surface area is 111 Å². The number of thiazole rings is 1. The van der Waals surface area contributed by atoms with Gasteiger partial charge < -0.3 is 5.11 Å². The van der Waals surface area contributed by atoms with Crippen molar-refractivity contribution in [1.29, 1.82) is 0 Å². The summed E-state index contributed by atoms with van der Waals surface area (Å²) in [4.78, 5) is 12.6. The molecule has 2 heterocycles. The summed E-state index contributed by atoms with van der Waals surface area (Å²) < 4.78 is 0. The lowest BCUT2D eigenvalue weighted by molar-refractivity contribution is 0.173. The van der Waals surface area contributed by atoms with E-state index in [1.807, 2.05) is 0 Å².